The Morgan fingerprint density at radius 2 is 0.667 bits per heavy atom. The number of hydrogen-bond donors (Lipinski definition) is 2. The van der Waals surface area contributed by atoms with Crippen LogP contribution in [0.4, 0.5) is 11.4 Å². The van der Waals surface area contributed by atoms with Gasteiger partial charge in [-0.25, -0.2) is 0 Å². The van der Waals surface area contributed by atoms with Gasteiger partial charge in [-0.15, -0.1) is 0 Å². The summed E-state index contributed by atoms with van der Waals surface area (Å²) in [6, 6.07) is 32.3. The monoisotopic (exact) mass is 312 g/mol. The maximum Gasteiger partial charge on any atom is 0.0314 e. The third-order valence-corrected chi connectivity index (χ3v) is 3.81. The molecule has 4 N–H and O–H groups in total. The van der Waals surface area contributed by atoms with E-state index in [9.17, 15) is 0 Å². The summed E-state index contributed by atoms with van der Waals surface area (Å²) in [5.74, 6) is 0. The van der Waals surface area contributed by atoms with E-state index in [0.717, 1.165) is 22.5 Å². The van der Waals surface area contributed by atoms with Crippen LogP contribution in [0.3, 0.4) is 0 Å². The highest BCUT2D eigenvalue weighted by atomic mass is 14.5. The minimum absolute atomic E-state index is 0.782. The molecular formula is C22H20N2. The SMILES string of the molecule is Nc1ccc(-c2ccc(N)cc2)cc1.c1ccc2ccccc2c1. The van der Waals surface area contributed by atoms with E-state index in [0.29, 0.717) is 0 Å². The van der Waals surface area contributed by atoms with Crippen molar-refractivity contribution in [1.29, 1.82) is 0 Å². The summed E-state index contributed by atoms with van der Waals surface area (Å²) >= 11 is 0. The minimum Gasteiger partial charge on any atom is -0.399 e. The summed E-state index contributed by atoms with van der Waals surface area (Å²) in [5.41, 5.74) is 15.1. The highest BCUT2D eigenvalue weighted by Crippen LogP contribution is 2.21. The number of hydrogen-bond acceptors (Lipinski definition) is 2. The molecule has 2 heteroatoms. The van der Waals surface area contributed by atoms with Gasteiger partial charge in [0.15, 0.2) is 0 Å². The van der Waals surface area contributed by atoms with Crippen LogP contribution in [-0.2, 0) is 0 Å². The molecule has 4 aromatic rings. The van der Waals surface area contributed by atoms with Gasteiger partial charge in [0, 0.05) is 11.4 Å². The van der Waals surface area contributed by atoms with Crippen LogP contribution in [-0.4, -0.2) is 0 Å². The molecule has 4 aromatic carbocycles. The molecule has 0 bridgehead atoms. The van der Waals surface area contributed by atoms with Gasteiger partial charge in [0.1, 0.15) is 0 Å². The molecule has 0 aliphatic rings. The fraction of sp³-hybridized carbons (Fsp3) is 0. The number of fused-ring (bicyclic) bond motifs is 1. The lowest BCUT2D eigenvalue weighted by atomic mass is 10.1. The zero-order valence-corrected chi connectivity index (χ0v) is 13.4. The molecule has 0 atom stereocenters. The second-order valence-corrected chi connectivity index (χ2v) is 5.59. The zero-order chi connectivity index (χ0) is 16.8. The van der Waals surface area contributed by atoms with E-state index < -0.39 is 0 Å². The van der Waals surface area contributed by atoms with Gasteiger partial charge in [-0.2, -0.15) is 0 Å². The number of rotatable bonds is 1. The normalized spacial score (nSPS) is 10.0. The van der Waals surface area contributed by atoms with Crippen molar-refractivity contribution in [1.82, 2.24) is 0 Å². The van der Waals surface area contributed by atoms with Crippen molar-refractivity contribution in [3.8, 4) is 11.1 Å². The fourth-order valence-corrected chi connectivity index (χ4v) is 2.48. The predicted octanol–water partition coefficient (Wildman–Crippen LogP) is 5.36. The van der Waals surface area contributed by atoms with Gasteiger partial charge in [0.25, 0.3) is 0 Å². The molecule has 2 nitrogen and oxygen atoms in total. The second kappa shape index (κ2) is 7.34. The number of anilines is 2. The highest BCUT2D eigenvalue weighted by Gasteiger charge is 1.95. The Hall–Kier alpha value is -3.26. The molecule has 118 valence electrons. The summed E-state index contributed by atoms with van der Waals surface area (Å²) in [6.07, 6.45) is 0. The number of benzene rings is 4. The van der Waals surface area contributed by atoms with E-state index in [1.165, 1.54) is 10.8 Å². The standard InChI is InChI=1S/C12H12N2.C10H8/c13-11-5-1-9(2-6-11)10-3-7-12(14)8-4-10;1-2-6-10-8-4-3-7-9(10)5-1/h1-8H,13-14H2;1-8H. The van der Waals surface area contributed by atoms with Crippen LogP contribution in [0, 0.1) is 0 Å². The highest BCUT2D eigenvalue weighted by molar-refractivity contribution is 5.82. The Balaban J connectivity index is 0.000000149. The van der Waals surface area contributed by atoms with Crippen LogP contribution in [0.5, 0.6) is 0 Å². The first-order chi connectivity index (χ1) is 11.7. The molecule has 24 heavy (non-hydrogen) atoms. The van der Waals surface area contributed by atoms with Crippen molar-refractivity contribution in [2.24, 2.45) is 0 Å². The molecule has 0 heterocycles. The average Bonchev–Trinajstić information content (AvgIpc) is 2.64. The number of nitrogens with two attached hydrogens (primary N) is 2. The summed E-state index contributed by atoms with van der Waals surface area (Å²) in [7, 11) is 0. The Kier molecular flexibility index (Phi) is 4.78. The molecule has 0 saturated heterocycles. The van der Waals surface area contributed by atoms with E-state index in [4.69, 9.17) is 11.5 Å². The lowest BCUT2D eigenvalue weighted by Crippen LogP contribution is -1.85. The van der Waals surface area contributed by atoms with Crippen molar-refractivity contribution < 1.29 is 0 Å². The third kappa shape index (κ3) is 3.93. The average molecular weight is 312 g/mol. The Bertz CT molecular complexity index is 801. The Labute approximate surface area is 142 Å². The molecule has 0 saturated carbocycles. The summed E-state index contributed by atoms with van der Waals surface area (Å²) in [5, 5.41) is 2.62. The Morgan fingerprint density at radius 1 is 0.375 bits per heavy atom. The maximum atomic E-state index is 5.61. The van der Waals surface area contributed by atoms with Gasteiger partial charge >= 0.3 is 0 Å². The zero-order valence-electron chi connectivity index (χ0n) is 13.4. The molecule has 0 amide bonds. The number of nitrogen functional groups attached to an aromatic ring is 2. The van der Waals surface area contributed by atoms with E-state index in [1.54, 1.807) is 0 Å². The van der Waals surface area contributed by atoms with Crippen molar-refractivity contribution in [2.45, 2.75) is 0 Å². The minimum atomic E-state index is 0.782. The first-order valence-corrected chi connectivity index (χ1v) is 7.87. The largest absolute Gasteiger partial charge is 0.399 e. The summed E-state index contributed by atoms with van der Waals surface area (Å²) < 4.78 is 0. The fourth-order valence-electron chi connectivity index (χ4n) is 2.48. The van der Waals surface area contributed by atoms with Gasteiger partial charge in [-0.05, 0) is 46.2 Å². The maximum absolute atomic E-state index is 5.61. The topological polar surface area (TPSA) is 52.0 Å². The molecule has 0 unspecified atom stereocenters. The smallest absolute Gasteiger partial charge is 0.0314 e. The molecule has 0 aliphatic carbocycles. The molecule has 0 radical (unpaired) electrons. The van der Waals surface area contributed by atoms with Crippen LogP contribution >= 0.6 is 0 Å². The second-order valence-electron chi connectivity index (χ2n) is 5.59. The van der Waals surface area contributed by atoms with Crippen LogP contribution in [0.1, 0.15) is 0 Å². The van der Waals surface area contributed by atoms with Crippen LogP contribution in [0.25, 0.3) is 21.9 Å². The molecule has 0 fully saturated rings. The quantitative estimate of drug-likeness (QED) is 0.465. The molecular weight excluding hydrogens is 292 g/mol. The first kappa shape index (κ1) is 15.6. The molecule has 4 rings (SSSR count). The van der Waals surface area contributed by atoms with E-state index in [2.05, 4.69) is 48.5 Å². The van der Waals surface area contributed by atoms with Crippen molar-refractivity contribution >= 4 is 22.1 Å². The molecule has 0 aliphatic heterocycles. The van der Waals surface area contributed by atoms with E-state index in [-0.39, 0.29) is 0 Å². The lowest BCUT2D eigenvalue weighted by Gasteiger charge is -2.02. The summed E-state index contributed by atoms with van der Waals surface area (Å²) in [6.45, 7) is 0. The van der Waals surface area contributed by atoms with Crippen LogP contribution in [0.15, 0.2) is 97.1 Å². The van der Waals surface area contributed by atoms with Gasteiger partial charge in [-0.1, -0.05) is 72.8 Å². The van der Waals surface area contributed by atoms with E-state index in [1.807, 2.05) is 48.5 Å². The third-order valence-electron chi connectivity index (χ3n) is 3.81. The van der Waals surface area contributed by atoms with Gasteiger partial charge in [-0.3, -0.25) is 0 Å². The van der Waals surface area contributed by atoms with Crippen molar-refractivity contribution in [3.05, 3.63) is 97.1 Å². The first-order valence-electron chi connectivity index (χ1n) is 7.87. The van der Waals surface area contributed by atoms with Gasteiger partial charge in [0.2, 0.25) is 0 Å². The lowest BCUT2D eigenvalue weighted by molar-refractivity contribution is 1.61. The van der Waals surface area contributed by atoms with Crippen molar-refractivity contribution in [2.75, 3.05) is 11.5 Å². The molecule has 0 aromatic heterocycles. The predicted molar refractivity (Wildman–Crippen MR) is 105 cm³/mol. The Morgan fingerprint density at radius 3 is 0.958 bits per heavy atom. The van der Waals surface area contributed by atoms with E-state index >= 15 is 0 Å². The molecule has 0 spiro atoms. The summed E-state index contributed by atoms with van der Waals surface area (Å²) in [4.78, 5) is 0. The van der Waals surface area contributed by atoms with Crippen LogP contribution < -0.4 is 11.5 Å². The van der Waals surface area contributed by atoms with Gasteiger partial charge < -0.3 is 11.5 Å². The van der Waals surface area contributed by atoms with Crippen molar-refractivity contribution in [3.63, 3.8) is 0 Å². The van der Waals surface area contributed by atoms with Crippen LogP contribution in [0.2, 0.25) is 0 Å². The van der Waals surface area contributed by atoms with Gasteiger partial charge in [0.05, 0.1) is 0 Å².